The Bertz CT molecular complexity index is 14.9. The van der Waals surface area contributed by atoms with Crippen molar-refractivity contribution in [1.82, 2.24) is 0 Å². The molecule has 0 heterocycles. The summed E-state index contributed by atoms with van der Waals surface area (Å²) in [7, 11) is 0. The third kappa shape index (κ3) is 53.7. The van der Waals surface area contributed by atoms with Gasteiger partial charge in [0.15, 0.2) is 0 Å². The zero-order valence-electron chi connectivity index (χ0n) is 2.97. The predicted molar refractivity (Wildman–Crippen MR) is 52.9 cm³/mol. The van der Waals surface area contributed by atoms with E-state index in [1.807, 2.05) is 0 Å². The zero-order valence-corrected chi connectivity index (χ0v) is 11.1. The Labute approximate surface area is 79.4 Å². The number of rotatable bonds is 0. The first-order chi connectivity index (χ1) is 1.73. The summed E-state index contributed by atoms with van der Waals surface area (Å²) in [5, 5.41) is -0.167. The van der Waals surface area contributed by atoms with Crippen LogP contribution in [0.25, 0.3) is 0 Å². The zero-order chi connectivity index (χ0) is 3.58. The van der Waals surface area contributed by atoms with Crippen LogP contribution in [0.15, 0.2) is 0 Å². The minimum absolute atomic E-state index is 0. The maximum absolute atomic E-state index is 2.45. The van der Waals surface area contributed by atoms with E-state index in [0.29, 0.717) is 0 Å². The van der Waals surface area contributed by atoms with E-state index < -0.39 is 0 Å². The van der Waals surface area contributed by atoms with Crippen LogP contribution in [0.2, 0.25) is 0 Å². The van der Waals surface area contributed by atoms with Gasteiger partial charge in [-0.25, -0.2) is 0 Å². The Kier molecular flexibility index (Phi) is 51.3. The van der Waals surface area contributed by atoms with Crippen LogP contribution in [0, 0.1) is 0 Å². The Morgan fingerprint density at radius 2 is 0.714 bits per heavy atom. The van der Waals surface area contributed by atoms with Gasteiger partial charge in [-0.1, -0.05) is 0 Å². The van der Waals surface area contributed by atoms with Crippen molar-refractivity contribution in [2.45, 2.75) is 0 Å². The van der Waals surface area contributed by atoms with E-state index in [9.17, 15) is 0 Å². The molecule has 7 heavy (non-hydrogen) atoms. The van der Waals surface area contributed by atoms with Crippen LogP contribution in [0.5, 0.6) is 0 Å². The Hall–Kier alpha value is 2.69. The van der Waals surface area contributed by atoms with Gasteiger partial charge in [-0.15, -0.1) is 0 Å². The van der Waals surface area contributed by atoms with E-state index in [0.717, 1.165) is 0 Å². The average Bonchev–Trinajstić information content (AvgIpc) is 0.811. The first kappa shape index (κ1) is 22.6. The summed E-state index contributed by atoms with van der Waals surface area (Å²) in [6, 6.07) is 0. The molecule has 0 bridgehead atoms. The second kappa shape index (κ2) is 15.9. The molecular weight excluding hydrogens is 532 g/mol. The normalized spacial score (nSPS) is 6.43. The van der Waals surface area contributed by atoms with Crippen molar-refractivity contribution in [2.75, 3.05) is 0 Å². The van der Waals surface area contributed by atoms with Crippen molar-refractivity contribution in [2.24, 2.45) is 0 Å². The van der Waals surface area contributed by atoms with Crippen LogP contribution < -0.4 is 0 Å². The first-order valence-corrected chi connectivity index (χ1v) is 15.0. The third-order valence-electron chi connectivity index (χ3n) is 0. The summed E-state index contributed by atoms with van der Waals surface area (Å²) in [5.74, 6) is 0. The van der Waals surface area contributed by atoms with E-state index in [2.05, 4.69) is 59.3 Å². The van der Waals surface area contributed by atoms with Gasteiger partial charge in [0.1, 0.15) is 0 Å². The van der Waals surface area contributed by atoms with Crippen LogP contribution in [0.1, 0.15) is 0 Å². The van der Waals surface area contributed by atoms with Crippen molar-refractivity contribution >= 4 is 59.3 Å². The molecule has 0 fully saturated rings. The fourth-order valence-electron chi connectivity index (χ4n) is 0. The molecule has 0 unspecified atom stereocenters. The third-order valence-corrected chi connectivity index (χ3v) is 0. The summed E-state index contributed by atoms with van der Waals surface area (Å²) < 4.78 is 0. The molecule has 0 atom stereocenters. The summed E-state index contributed by atoms with van der Waals surface area (Å²) in [5.41, 5.74) is 0. The molecule has 0 saturated carbocycles. The number of hydrogen-bond acceptors (Lipinski definition) is 0. The minimum atomic E-state index is -0.167. The fraction of sp³-hybridized carbons (Fsp3) is 0. The van der Waals surface area contributed by atoms with Crippen LogP contribution in [-0.4, -0.2) is 16.4 Å². The molecule has 0 rings (SSSR count). The van der Waals surface area contributed by atoms with E-state index in [-0.39, 0.29) is 21.8 Å². The molecule has 0 aromatic rings. The molecule has 0 amide bonds. The van der Waals surface area contributed by atoms with Gasteiger partial charge in [0, 0.05) is 0 Å². The van der Waals surface area contributed by atoms with Gasteiger partial charge in [0.2, 0.25) is 0 Å². The summed E-state index contributed by atoms with van der Waals surface area (Å²) in [6.45, 7) is 0. The molecule has 0 aromatic heterocycles. The van der Waals surface area contributed by atoms with Crippen molar-refractivity contribution in [3.63, 3.8) is 0 Å². The molecule has 0 aliphatic heterocycles. The molecule has 0 saturated heterocycles. The molecule has 54 valence electrons. The van der Waals surface area contributed by atoms with Crippen LogP contribution in [0.3, 0.4) is 0 Å². The number of hydrogen-bond donors (Lipinski definition) is 0. The summed E-state index contributed by atoms with van der Waals surface area (Å²) in [6.07, 6.45) is 0. The SMILES string of the molecule is O.O.O.[I][Rh]([I])[I]. The first-order valence-electron chi connectivity index (χ1n) is 0.378. The van der Waals surface area contributed by atoms with Gasteiger partial charge in [0.25, 0.3) is 0 Å². The average molecular weight is 538 g/mol. The van der Waals surface area contributed by atoms with Crippen molar-refractivity contribution in [3.8, 4) is 0 Å². The van der Waals surface area contributed by atoms with Gasteiger partial charge in [-0.2, -0.15) is 0 Å². The Morgan fingerprint density at radius 3 is 0.714 bits per heavy atom. The topological polar surface area (TPSA) is 94.5 Å². The molecule has 7 heteroatoms. The standard InChI is InChI=1S/3HI.3H2O.Rh/h3*1H;3*1H2;/q;;;;;;+3/p-3. The van der Waals surface area contributed by atoms with E-state index in [4.69, 9.17) is 0 Å². The molecule has 0 spiro atoms. The summed E-state index contributed by atoms with van der Waals surface area (Å²) >= 11 is 7.34. The van der Waals surface area contributed by atoms with E-state index in [1.54, 1.807) is 0 Å². The Balaban J connectivity index is -0.0000000150. The molecule has 0 aliphatic rings. The van der Waals surface area contributed by atoms with Gasteiger partial charge >= 0.3 is 64.7 Å². The molecule has 3 nitrogen and oxygen atoms in total. The second-order valence-electron chi connectivity index (χ2n) is 0.143. The van der Waals surface area contributed by atoms with Crippen molar-refractivity contribution in [3.05, 3.63) is 0 Å². The predicted octanol–water partition coefficient (Wildman–Crippen LogP) is 0.180. The number of halogens is 3. The van der Waals surface area contributed by atoms with Gasteiger partial charge in [-0.05, 0) is 0 Å². The monoisotopic (exact) mass is 538 g/mol. The van der Waals surface area contributed by atoms with E-state index in [1.165, 1.54) is 0 Å². The molecule has 6 N–H and O–H groups in total. The van der Waals surface area contributed by atoms with Crippen molar-refractivity contribution < 1.29 is 21.8 Å². The Morgan fingerprint density at radius 1 is 0.714 bits per heavy atom. The quantitative estimate of drug-likeness (QED) is 0.312. The van der Waals surface area contributed by atoms with Crippen LogP contribution >= 0.6 is 59.3 Å². The van der Waals surface area contributed by atoms with Gasteiger partial charge in [-0.3, -0.25) is 0 Å². The second-order valence-corrected chi connectivity index (χ2v) is 38.0. The summed E-state index contributed by atoms with van der Waals surface area (Å²) in [4.78, 5) is 0. The maximum atomic E-state index is 2.45. The molecule has 0 aliphatic carbocycles. The fourth-order valence-corrected chi connectivity index (χ4v) is 0. The van der Waals surface area contributed by atoms with Gasteiger partial charge in [0.05, 0.1) is 0 Å². The van der Waals surface area contributed by atoms with Crippen LogP contribution in [-0.2, 0) is 5.41 Å². The van der Waals surface area contributed by atoms with Crippen LogP contribution in [0.4, 0.5) is 0 Å². The van der Waals surface area contributed by atoms with E-state index >= 15 is 0 Å². The van der Waals surface area contributed by atoms with Crippen molar-refractivity contribution in [1.29, 1.82) is 0 Å². The molecular formula is H6I3O3Rh. The molecule has 0 aromatic carbocycles. The van der Waals surface area contributed by atoms with Gasteiger partial charge < -0.3 is 16.4 Å². The molecule has 0 radical (unpaired) electrons.